The van der Waals surface area contributed by atoms with Crippen LogP contribution in [0.1, 0.15) is 13.8 Å². The molecule has 2 atom stereocenters. The van der Waals surface area contributed by atoms with E-state index in [1.54, 1.807) is 7.05 Å². The first-order valence-electron chi connectivity index (χ1n) is 4.20. The number of carbonyl (C=O) groups excluding carboxylic acids is 2. The van der Waals surface area contributed by atoms with Gasteiger partial charge in [0.25, 0.3) is 0 Å². The van der Waals surface area contributed by atoms with Crippen LogP contribution in [0.5, 0.6) is 0 Å². The zero-order valence-corrected chi connectivity index (χ0v) is 8.13. The van der Waals surface area contributed by atoms with Crippen LogP contribution in [0.25, 0.3) is 0 Å². The summed E-state index contributed by atoms with van der Waals surface area (Å²) in [7, 11) is 7.51. The molecule has 0 saturated carbocycles. The summed E-state index contributed by atoms with van der Waals surface area (Å²) in [5, 5.41) is 1.92. The van der Waals surface area contributed by atoms with Crippen molar-refractivity contribution in [2.45, 2.75) is 25.2 Å². The third-order valence-corrected chi connectivity index (χ3v) is 2.68. The van der Waals surface area contributed by atoms with Crippen LogP contribution in [0.15, 0.2) is 0 Å². The van der Waals surface area contributed by atoms with Gasteiger partial charge in [0.1, 0.15) is 0 Å². The van der Waals surface area contributed by atoms with E-state index in [-0.39, 0.29) is 6.04 Å². The molecule has 1 saturated heterocycles. The number of rotatable bonds is 0. The van der Waals surface area contributed by atoms with Gasteiger partial charge in [0, 0.05) is 19.6 Å². The molecule has 2 radical (unpaired) electrons. The van der Waals surface area contributed by atoms with Gasteiger partial charge in [0.15, 0.2) is 0 Å². The maximum atomic E-state index is 11.3. The molecule has 1 fully saturated rings. The Kier molecular flexibility index (Phi) is 2.37. The van der Waals surface area contributed by atoms with Crippen molar-refractivity contribution in [3.63, 3.8) is 0 Å². The minimum atomic E-state index is -0.580. The van der Waals surface area contributed by atoms with Gasteiger partial charge in [-0.05, 0) is 12.2 Å². The Morgan fingerprint density at radius 1 is 1.62 bits per heavy atom. The topological polar surface area (TPSA) is 49.4 Å². The van der Waals surface area contributed by atoms with Crippen LogP contribution in [0.4, 0.5) is 0 Å². The molecule has 70 valence electrons. The molecule has 1 rings (SSSR count). The van der Waals surface area contributed by atoms with Crippen molar-refractivity contribution in [3.05, 3.63) is 0 Å². The molecule has 1 N–H and O–H groups in total. The van der Waals surface area contributed by atoms with Gasteiger partial charge >= 0.3 is 11.8 Å². The molecule has 0 bridgehead atoms. The second-order valence-corrected chi connectivity index (χ2v) is 3.78. The van der Waals surface area contributed by atoms with Crippen LogP contribution in [0.2, 0.25) is 5.31 Å². The predicted octanol–water partition coefficient (Wildman–Crippen LogP) is -0.690. The van der Waals surface area contributed by atoms with Gasteiger partial charge < -0.3 is 10.2 Å². The Bertz CT molecular complexity index is 253. The van der Waals surface area contributed by atoms with Crippen LogP contribution in [-0.2, 0) is 9.59 Å². The molecule has 2 unspecified atom stereocenters. The molecule has 2 amide bonds. The molecule has 1 aliphatic heterocycles. The zero-order chi connectivity index (χ0) is 10.2. The van der Waals surface area contributed by atoms with Crippen molar-refractivity contribution < 1.29 is 9.59 Å². The Balaban J connectivity index is 2.95. The zero-order valence-electron chi connectivity index (χ0n) is 8.13. The quantitative estimate of drug-likeness (QED) is 0.396. The van der Waals surface area contributed by atoms with E-state index in [0.717, 1.165) is 0 Å². The van der Waals surface area contributed by atoms with Crippen molar-refractivity contribution >= 4 is 19.7 Å². The number of carbonyl (C=O) groups is 2. The number of nitrogens with one attached hydrogen (secondary N) is 1. The summed E-state index contributed by atoms with van der Waals surface area (Å²) < 4.78 is 0. The van der Waals surface area contributed by atoms with Crippen molar-refractivity contribution in [1.29, 1.82) is 0 Å². The molecular weight excluding hydrogens is 167 g/mol. The second kappa shape index (κ2) is 3.05. The van der Waals surface area contributed by atoms with Gasteiger partial charge in [0.05, 0.1) is 7.85 Å². The highest BCUT2D eigenvalue weighted by atomic mass is 16.2. The lowest BCUT2D eigenvalue weighted by molar-refractivity contribution is -0.145. The molecular formula is C8H13BN2O2. The smallest absolute Gasteiger partial charge is 0.311 e. The molecule has 0 spiro atoms. The average molecular weight is 180 g/mol. The van der Waals surface area contributed by atoms with Crippen LogP contribution < -0.4 is 5.32 Å². The summed E-state index contributed by atoms with van der Waals surface area (Å²) in [4.78, 5) is 23.8. The maximum absolute atomic E-state index is 11.3. The molecule has 5 heteroatoms. The lowest BCUT2D eigenvalue weighted by Gasteiger charge is -2.34. The maximum Gasteiger partial charge on any atom is 0.311 e. The van der Waals surface area contributed by atoms with E-state index < -0.39 is 17.1 Å². The number of hydrogen-bond acceptors (Lipinski definition) is 2. The van der Waals surface area contributed by atoms with E-state index in [1.165, 1.54) is 4.90 Å². The van der Waals surface area contributed by atoms with Crippen LogP contribution in [0, 0.1) is 0 Å². The first-order chi connectivity index (χ1) is 5.86. The Hall–Kier alpha value is -0.995. The minimum Gasteiger partial charge on any atom is -0.348 e. The van der Waals surface area contributed by atoms with Gasteiger partial charge in [-0.25, -0.2) is 0 Å². The van der Waals surface area contributed by atoms with Gasteiger partial charge in [-0.3, -0.25) is 9.59 Å². The summed E-state index contributed by atoms with van der Waals surface area (Å²) in [6.45, 7) is 3.97. The highest BCUT2D eigenvalue weighted by Gasteiger charge is 2.36. The second-order valence-electron chi connectivity index (χ2n) is 3.78. The Morgan fingerprint density at radius 3 is 2.69 bits per heavy atom. The average Bonchev–Trinajstić information content (AvgIpc) is 2.13. The number of hydrogen-bond donors (Lipinski definition) is 1. The summed E-state index contributed by atoms with van der Waals surface area (Å²) in [6.07, 6.45) is 0. The monoisotopic (exact) mass is 180 g/mol. The van der Waals surface area contributed by atoms with Crippen LogP contribution >= 0.6 is 0 Å². The SMILES string of the molecule is [B]C1(C)CNC(=O)C(=O)N(C)C1C. The van der Waals surface area contributed by atoms with E-state index in [1.807, 2.05) is 13.8 Å². The highest BCUT2D eigenvalue weighted by molar-refractivity contribution is 6.35. The van der Waals surface area contributed by atoms with E-state index in [2.05, 4.69) is 5.32 Å². The summed E-state index contributed by atoms with van der Waals surface area (Å²) >= 11 is 0. The lowest BCUT2D eigenvalue weighted by Crippen LogP contribution is -2.42. The molecule has 1 heterocycles. The van der Waals surface area contributed by atoms with Gasteiger partial charge in [0.2, 0.25) is 0 Å². The van der Waals surface area contributed by atoms with E-state index in [4.69, 9.17) is 7.85 Å². The van der Waals surface area contributed by atoms with Crippen molar-refractivity contribution in [3.8, 4) is 0 Å². The molecule has 1 aliphatic rings. The third-order valence-electron chi connectivity index (χ3n) is 2.68. The van der Waals surface area contributed by atoms with Crippen molar-refractivity contribution in [2.75, 3.05) is 13.6 Å². The molecule has 13 heavy (non-hydrogen) atoms. The number of likely N-dealkylation sites (N-methyl/N-ethyl adjacent to an activating group) is 1. The first-order valence-corrected chi connectivity index (χ1v) is 4.20. The number of nitrogens with zero attached hydrogens (tertiary/aromatic N) is 1. The van der Waals surface area contributed by atoms with Crippen LogP contribution in [0.3, 0.4) is 0 Å². The Labute approximate surface area is 79.1 Å². The molecule has 0 aromatic carbocycles. The van der Waals surface area contributed by atoms with Gasteiger partial charge in [-0.15, -0.1) is 0 Å². The fourth-order valence-electron chi connectivity index (χ4n) is 1.27. The Morgan fingerprint density at radius 2 is 2.15 bits per heavy atom. The third kappa shape index (κ3) is 1.69. The van der Waals surface area contributed by atoms with Crippen molar-refractivity contribution in [2.24, 2.45) is 0 Å². The van der Waals surface area contributed by atoms with Crippen LogP contribution in [-0.4, -0.2) is 44.2 Å². The molecule has 4 nitrogen and oxygen atoms in total. The van der Waals surface area contributed by atoms with E-state index in [0.29, 0.717) is 6.54 Å². The molecule has 0 aromatic heterocycles. The fourth-order valence-corrected chi connectivity index (χ4v) is 1.27. The summed E-state index contributed by atoms with van der Waals surface area (Å²) in [6, 6.07) is -0.154. The normalized spacial score (nSPS) is 35.6. The van der Waals surface area contributed by atoms with E-state index >= 15 is 0 Å². The van der Waals surface area contributed by atoms with Gasteiger partial charge in [-0.1, -0.05) is 6.92 Å². The number of amides is 2. The molecule has 0 aliphatic carbocycles. The lowest BCUT2D eigenvalue weighted by atomic mass is 9.65. The van der Waals surface area contributed by atoms with E-state index in [9.17, 15) is 9.59 Å². The largest absolute Gasteiger partial charge is 0.348 e. The standard InChI is InChI=1S/C8H13BN2O2/c1-5-8(2,9)4-10-6(12)7(13)11(5)3/h5H,4H2,1-3H3,(H,10,12). The predicted molar refractivity (Wildman–Crippen MR) is 49.4 cm³/mol. The van der Waals surface area contributed by atoms with Gasteiger partial charge in [-0.2, -0.15) is 0 Å². The van der Waals surface area contributed by atoms with Crippen molar-refractivity contribution in [1.82, 2.24) is 10.2 Å². The first kappa shape index (κ1) is 10.1. The fraction of sp³-hybridized carbons (Fsp3) is 0.750. The summed E-state index contributed by atoms with van der Waals surface area (Å²) in [5.74, 6) is -1.11. The summed E-state index contributed by atoms with van der Waals surface area (Å²) in [5.41, 5.74) is 0. The molecule has 0 aromatic rings. The minimum absolute atomic E-state index is 0.154. The highest BCUT2D eigenvalue weighted by Crippen LogP contribution is 2.29.